The van der Waals surface area contributed by atoms with Gasteiger partial charge in [-0.2, -0.15) is 0 Å². The van der Waals surface area contributed by atoms with E-state index < -0.39 is 0 Å². The van der Waals surface area contributed by atoms with E-state index in [1.807, 2.05) is 12.1 Å². The van der Waals surface area contributed by atoms with Crippen molar-refractivity contribution in [2.24, 2.45) is 23.6 Å². The molecular weight excluding hydrogens is 264 g/mol. The highest BCUT2D eigenvalue weighted by Gasteiger charge is 2.32. The van der Waals surface area contributed by atoms with Gasteiger partial charge in [0.1, 0.15) is 0 Å². The van der Waals surface area contributed by atoms with Crippen molar-refractivity contribution in [2.45, 2.75) is 39.2 Å². The summed E-state index contributed by atoms with van der Waals surface area (Å²) in [5.41, 5.74) is 4.11. The molecule has 4 heteroatoms. The summed E-state index contributed by atoms with van der Waals surface area (Å²) in [5.74, 6) is 9.44. The topological polar surface area (TPSA) is 56.5 Å². The van der Waals surface area contributed by atoms with Crippen LogP contribution in [0.3, 0.4) is 0 Å². The van der Waals surface area contributed by atoms with Gasteiger partial charge in [0.25, 0.3) is 0 Å². The molecule has 1 aromatic rings. The average molecular weight is 292 g/mol. The first-order chi connectivity index (χ1) is 10.1. The molecule has 0 heterocycles. The lowest BCUT2D eigenvalue weighted by molar-refractivity contribution is 0.174. The second-order valence-corrected chi connectivity index (χ2v) is 6.40. The summed E-state index contributed by atoms with van der Waals surface area (Å²) in [6, 6.07) is 6.09. The van der Waals surface area contributed by atoms with Crippen LogP contribution in [0, 0.1) is 17.8 Å². The van der Waals surface area contributed by atoms with Crippen LogP contribution in [0.15, 0.2) is 18.2 Å². The van der Waals surface area contributed by atoms with Crippen LogP contribution in [0.25, 0.3) is 0 Å². The molecule has 0 aromatic heterocycles. The van der Waals surface area contributed by atoms with E-state index in [1.54, 1.807) is 14.2 Å². The minimum atomic E-state index is 0.0975. The molecule has 3 unspecified atom stereocenters. The van der Waals surface area contributed by atoms with E-state index in [0.29, 0.717) is 5.92 Å². The van der Waals surface area contributed by atoms with Crippen molar-refractivity contribution in [1.82, 2.24) is 5.43 Å². The van der Waals surface area contributed by atoms with E-state index in [0.717, 1.165) is 28.9 Å². The van der Waals surface area contributed by atoms with Gasteiger partial charge in [0.15, 0.2) is 11.5 Å². The standard InChI is InChI=1S/C17H28N2O2/c1-11-8-12(2)10-13(9-11)16(19-18)14-6-5-7-15(20-3)17(14)21-4/h5-7,11-13,16,19H,8-10,18H2,1-4H3. The van der Waals surface area contributed by atoms with Crippen LogP contribution in [-0.4, -0.2) is 14.2 Å². The number of ether oxygens (including phenoxy) is 2. The average Bonchev–Trinajstić information content (AvgIpc) is 2.46. The Kier molecular flexibility index (Phi) is 5.48. The molecule has 0 aliphatic heterocycles. The van der Waals surface area contributed by atoms with Crippen molar-refractivity contribution in [3.8, 4) is 11.5 Å². The van der Waals surface area contributed by atoms with Crippen molar-refractivity contribution in [3.63, 3.8) is 0 Å². The first kappa shape index (κ1) is 16.1. The third kappa shape index (κ3) is 3.50. The lowest BCUT2D eigenvalue weighted by Crippen LogP contribution is -2.37. The Bertz CT molecular complexity index is 454. The summed E-state index contributed by atoms with van der Waals surface area (Å²) in [7, 11) is 3.35. The van der Waals surface area contributed by atoms with E-state index in [4.69, 9.17) is 15.3 Å². The lowest BCUT2D eigenvalue weighted by Gasteiger charge is -2.37. The van der Waals surface area contributed by atoms with Gasteiger partial charge in [-0.15, -0.1) is 0 Å². The van der Waals surface area contributed by atoms with Gasteiger partial charge in [0, 0.05) is 5.56 Å². The Hall–Kier alpha value is -1.26. The molecule has 2 rings (SSSR count). The van der Waals surface area contributed by atoms with Gasteiger partial charge in [-0.1, -0.05) is 26.0 Å². The molecule has 3 N–H and O–H groups in total. The number of hydrogen-bond donors (Lipinski definition) is 2. The maximum atomic E-state index is 5.90. The predicted molar refractivity (Wildman–Crippen MR) is 85.3 cm³/mol. The summed E-state index contributed by atoms with van der Waals surface area (Å²) < 4.78 is 11.0. The van der Waals surface area contributed by atoms with Crippen molar-refractivity contribution in [3.05, 3.63) is 23.8 Å². The van der Waals surface area contributed by atoms with E-state index >= 15 is 0 Å². The Balaban J connectivity index is 2.32. The van der Waals surface area contributed by atoms with Gasteiger partial charge in [0.2, 0.25) is 0 Å². The van der Waals surface area contributed by atoms with Gasteiger partial charge in [-0.05, 0) is 43.1 Å². The maximum absolute atomic E-state index is 5.90. The Morgan fingerprint density at radius 1 is 1.10 bits per heavy atom. The summed E-state index contributed by atoms with van der Waals surface area (Å²) in [4.78, 5) is 0. The Morgan fingerprint density at radius 3 is 2.29 bits per heavy atom. The number of benzene rings is 1. The molecule has 3 atom stereocenters. The van der Waals surface area contributed by atoms with Gasteiger partial charge < -0.3 is 9.47 Å². The zero-order chi connectivity index (χ0) is 15.4. The zero-order valence-electron chi connectivity index (χ0n) is 13.6. The smallest absolute Gasteiger partial charge is 0.165 e. The number of nitrogens with one attached hydrogen (secondary N) is 1. The van der Waals surface area contributed by atoms with Crippen molar-refractivity contribution in [2.75, 3.05) is 14.2 Å². The number of nitrogens with two attached hydrogens (primary N) is 1. The van der Waals surface area contributed by atoms with Crippen LogP contribution in [0.1, 0.15) is 44.7 Å². The molecule has 4 nitrogen and oxygen atoms in total. The third-order valence-corrected chi connectivity index (χ3v) is 4.63. The molecular formula is C17H28N2O2. The SMILES string of the molecule is COc1cccc(C(NN)C2CC(C)CC(C)C2)c1OC. The van der Waals surface area contributed by atoms with E-state index in [9.17, 15) is 0 Å². The normalized spacial score (nSPS) is 27.2. The highest BCUT2D eigenvalue weighted by atomic mass is 16.5. The summed E-state index contributed by atoms with van der Waals surface area (Å²) in [6.07, 6.45) is 3.70. The zero-order valence-corrected chi connectivity index (χ0v) is 13.6. The summed E-state index contributed by atoms with van der Waals surface area (Å²) in [5, 5.41) is 0. The summed E-state index contributed by atoms with van der Waals surface area (Å²) >= 11 is 0. The molecule has 0 bridgehead atoms. The first-order valence-corrected chi connectivity index (χ1v) is 7.77. The van der Waals surface area contributed by atoms with Crippen LogP contribution in [-0.2, 0) is 0 Å². The molecule has 0 spiro atoms. The van der Waals surface area contributed by atoms with Gasteiger partial charge in [0.05, 0.1) is 20.3 Å². The lowest BCUT2D eigenvalue weighted by atomic mass is 9.72. The van der Waals surface area contributed by atoms with Crippen molar-refractivity contribution in [1.29, 1.82) is 0 Å². The van der Waals surface area contributed by atoms with E-state index in [2.05, 4.69) is 25.3 Å². The van der Waals surface area contributed by atoms with Crippen molar-refractivity contribution < 1.29 is 9.47 Å². The van der Waals surface area contributed by atoms with Crippen LogP contribution in [0.5, 0.6) is 11.5 Å². The van der Waals surface area contributed by atoms with Crippen LogP contribution >= 0.6 is 0 Å². The molecule has 0 saturated heterocycles. The molecule has 21 heavy (non-hydrogen) atoms. The molecule has 118 valence electrons. The second-order valence-electron chi connectivity index (χ2n) is 6.40. The predicted octanol–water partition coefficient (Wildman–Crippen LogP) is 3.28. The third-order valence-electron chi connectivity index (χ3n) is 4.63. The number of methoxy groups -OCH3 is 2. The molecule has 1 aliphatic rings. The fourth-order valence-corrected chi connectivity index (χ4v) is 3.92. The highest BCUT2D eigenvalue weighted by Crippen LogP contribution is 2.43. The molecule has 1 fully saturated rings. The van der Waals surface area contributed by atoms with Crippen LogP contribution < -0.4 is 20.7 Å². The van der Waals surface area contributed by atoms with Gasteiger partial charge in [-0.3, -0.25) is 11.3 Å². The molecule has 0 radical (unpaired) electrons. The Labute approximate surface area is 128 Å². The second kappa shape index (κ2) is 7.14. The van der Waals surface area contributed by atoms with E-state index in [1.165, 1.54) is 19.3 Å². The van der Waals surface area contributed by atoms with Crippen molar-refractivity contribution >= 4 is 0 Å². The fourth-order valence-electron chi connectivity index (χ4n) is 3.92. The minimum absolute atomic E-state index is 0.0975. The maximum Gasteiger partial charge on any atom is 0.165 e. The molecule has 1 aromatic carbocycles. The van der Waals surface area contributed by atoms with E-state index in [-0.39, 0.29) is 6.04 Å². The highest BCUT2D eigenvalue weighted by molar-refractivity contribution is 5.48. The molecule has 1 saturated carbocycles. The molecule has 1 aliphatic carbocycles. The first-order valence-electron chi connectivity index (χ1n) is 7.77. The number of para-hydroxylation sites is 1. The summed E-state index contributed by atoms with van der Waals surface area (Å²) in [6.45, 7) is 4.66. The quantitative estimate of drug-likeness (QED) is 0.646. The number of hydrogen-bond acceptors (Lipinski definition) is 4. The monoisotopic (exact) mass is 292 g/mol. The largest absolute Gasteiger partial charge is 0.493 e. The number of rotatable bonds is 5. The Morgan fingerprint density at radius 2 is 1.76 bits per heavy atom. The number of hydrazine groups is 1. The fraction of sp³-hybridized carbons (Fsp3) is 0.647. The van der Waals surface area contributed by atoms with Gasteiger partial charge in [-0.25, -0.2) is 0 Å². The van der Waals surface area contributed by atoms with Gasteiger partial charge >= 0.3 is 0 Å². The van der Waals surface area contributed by atoms with Crippen LogP contribution in [0.2, 0.25) is 0 Å². The minimum Gasteiger partial charge on any atom is -0.493 e. The molecule has 0 amide bonds. The van der Waals surface area contributed by atoms with Crippen LogP contribution in [0.4, 0.5) is 0 Å².